The average molecular weight is 405 g/mol. The summed E-state index contributed by atoms with van der Waals surface area (Å²) in [4.78, 5) is 41.8. The van der Waals surface area contributed by atoms with Gasteiger partial charge in [0.15, 0.2) is 5.69 Å². The number of carbonyl (C=O) groups excluding carboxylic acids is 3. The summed E-state index contributed by atoms with van der Waals surface area (Å²) >= 11 is 0. The Kier molecular flexibility index (Phi) is 6.26. The molecule has 0 unspecified atom stereocenters. The molecule has 0 radical (unpaired) electrons. The largest absolute Gasteiger partial charge is 0.351 e. The lowest BCUT2D eigenvalue weighted by atomic mass is 9.92. The third-order valence-corrected chi connectivity index (χ3v) is 6.01. The number of fused-ring (bicyclic) bond motifs is 1. The van der Waals surface area contributed by atoms with Gasteiger partial charge in [0, 0.05) is 32.2 Å². The summed E-state index contributed by atoms with van der Waals surface area (Å²) in [5, 5.41) is 10.2. The summed E-state index contributed by atoms with van der Waals surface area (Å²) in [5.74, 6) is -0.798. The molecule has 2 N–H and O–H groups in total. The molecule has 1 saturated carbocycles. The Balaban J connectivity index is 1.74. The van der Waals surface area contributed by atoms with Crippen LogP contribution in [0.2, 0.25) is 0 Å². The monoisotopic (exact) mass is 404 g/mol. The SMILES string of the molecule is CN(C)CCNC(=O)c1cc2n(n1)C[C@](C)(C(=O)NC1CCCCC1)N(C)C2=O. The van der Waals surface area contributed by atoms with E-state index in [1.165, 1.54) is 22.1 Å². The minimum atomic E-state index is -1.05. The van der Waals surface area contributed by atoms with Gasteiger partial charge >= 0.3 is 0 Å². The zero-order chi connectivity index (χ0) is 21.2. The van der Waals surface area contributed by atoms with E-state index in [0.29, 0.717) is 18.8 Å². The van der Waals surface area contributed by atoms with Gasteiger partial charge < -0.3 is 20.4 Å². The van der Waals surface area contributed by atoms with Gasteiger partial charge in [-0.3, -0.25) is 19.1 Å². The summed E-state index contributed by atoms with van der Waals surface area (Å²) in [6, 6.07) is 1.66. The first-order valence-corrected chi connectivity index (χ1v) is 10.3. The zero-order valence-corrected chi connectivity index (χ0v) is 17.8. The van der Waals surface area contributed by atoms with Gasteiger partial charge in [0.05, 0.1) is 6.54 Å². The molecular weight excluding hydrogens is 372 g/mol. The first-order chi connectivity index (χ1) is 13.7. The molecule has 2 aliphatic rings. The summed E-state index contributed by atoms with van der Waals surface area (Å²) in [6.07, 6.45) is 5.39. The van der Waals surface area contributed by atoms with E-state index in [1.54, 1.807) is 14.0 Å². The third kappa shape index (κ3) is 4.44. The van der Waals surface area contributed by atoms with Crippen molar-refractivity contribution < 1.29 is 14.4 Å². The molecule has 0 spiro atoms. The summed E-state index contributed by atoms with van der Waals surface area (Å²) in [6.45, 7) is 3.17. The standard InChI is InChI=1S/C20H32N6O3/c1-20(19(29)22-14-8-6-5-7-9-14)13-26-16(18(28)25(20)4)12-15(23-26)17(27)21-10-11-24(2)3/h12,14H,5-11,13H2,1-4H3,(H,21,27)(H,22,29)/t20-/m1/s1. The topological polar surface area (TPSA) is 99.6 Å². The van der Waals surface area contributed by atoms with Crippen LogP contribution in [0.5, 0.6) is 0 Å². The van der Waals surface area contributed by atoms with Crippen LogP contribution in [0, 0.1) is 0 Å². The van der Waals surface area contributed by atoms with E-state index >= 15 is 0 Å². The Morgan fingerprint density at radius 3 is 2.62 bits per heavy atom. The molecular formula is C20H32N6O3. The Morgan fingerprint density at radius 1 is 1.28 bits per heavy atom. The lowest BCUT2D eigenvalue weighted by Gasteiger charge is -2.41. The van der Waals surface area contributed by atoms with Crippen molar-refractivity contribution in [3.8, 4) is 0 Å². The molecule has 1 aliphatic heterocycles. The van der Waals surface area contributed by atoms with Crippen LogP contribution in [0.25, 0.3) is 0 Å². The number of carbonyl (C=O) groups is 3. The van der Waals surface area contributed by atoms with Crippen LogP contribution in [0.1, 0.15) is 60.0 Å². The summed E-state index contributed by atoms with van der Waals surface area (Å²) < 4.78 is 1.49. The van der Waals surface area contributed by atoms with Crippen LogP contribution >= 0.6 is 0 Å². The van der Waals surface area contributed by atoms with Crippen molar-refractivity contribution in [1.29, 1.82) is 0 Å². The molecule has 1 atom stereocenters. The lowest BCUT2D eigenvalue weighted by molar-refractivity contribution is -0.133. The number of rotatable bonds is 6. The predicted octanol–water partition coefficient (Wildman–Crippen LogP) is 0.468. The van der Waals surface area contributed by atoms with Crippen LogP contribution in [-0.4, -0.2) is 83.1 Å². The van der Waals surface area contributed by atoms with E-state index in [2.05, 4.69) is 15.7 Å². The van der Waals surface area contributed by atoms with E-state index in [1.807, 2.05) is 19.0 Å². The van der Waals surface area contributed by atoms with Crippen molar-refractivity contribution in [1.82, 2.24) is 30.2 Å². The second-order valence-electron chi connectivity index (χ2n) is 8.58. The predicted molar refractivity (Wildman–Crippen MR) is 109 cm³/mol. The van der Waals surface area contributed by atoms with Crippen LogP contribution in [0.15, 0.2) is 6.07 Å². The Bertz CT molecular complexity index is 783. The number of amides is 3. The highest BCUT2D eigenvalue weighted by atomic mass is 16.2. The number of hydrogen-bond donors (Lipinski definition) is 2. The lowest BCUT2D eigenvalue weighted by Crippen LogP contribution is -2.63. The number of likely N-dealkylation sites (N-methyl/N-ethyl adjacent to an activating group) is 2. The maximum absolute atomic E-state index is 13.1. The quantitative estimate of drug-likeness (QED) is 0.718. The average Bonchev–Trinajstić information content (AvgIpc) is 3.10. The number of nitrogens with zero attached hydrogens (tertiary/aromatic N) is 4. The van der Waals surface area contributed by atoms with Crippen LogP contribution in [-0.2, 0) is 11.3 Å². The molecule has 3 rings (SSSR count). The molecule has 1 aliphatic carbocycles. The third-order valence-electron chi connectivity index (χ3n) is 6.01. The van der Waals surface area contributed by atoms with Gasteiger partial charge in [-0.25, -0.2) is 0 Å². The van der Waals surface area contributed by atoms with E-state index < -0.39 is 5.54 Å². The number of nitrogens with one attached hydrogen (secondary N) is 2. The second-order valence-corrected chi connectivity index (χ2v) is 8.58. The zero-order valence-electron chi connectivity index (χ0n) is 17.8. The van der Waals surface area contributed by atoms with Gasteiger partial charge in [0.25, 0.3) is 11.8 Å². The summed E-state index contributed by atoms with van der Waals surface area (Å²) in [5.41, 5.74) is -0.530. The van der Waals surface area contributed by atoms with Gasteiger partial charge in [-0.05, 0) is 33.9 Å². The molecule has 0 bridgehead atoms. The Hall–Kier alpha value is -2.42. The molecule has 160 valence electrons. The fourth-order valence-corrected chi connectivity index (χ4v) is 3.91. The maximum Gasteiger partial charge on any atom is 0.272 e. The van der Waals surface area contributed by atoms with Gasteiger partial charge in [-0.2, -0.15) is 5.10 Å². The van der Waals surface area contributed by atoms with E-state index in [-0.39, 0.29) is 36.0 Å². The van der Waals surface area contributed by atoms with Crippen LogP contribution in [0.4, 0.5) is 0 Å². The fraction of sp³-hybridized carbons (Fsp3) is 0.700. The van der Waals surface area contributed by atoms with Crippen LogP contribution < -0.4 is 10.6 Å². The maximum atomic E-state index is 13.1. The molecule has 9 nitrogen and oxygen atoms in total. The van der Waals surface area contributed by atoms with Gasteiger partial charge in [0.1, 0.15) is 11.2 Å². The molecule has 9 heteroatoms. The van der Waals surface area contributed by atoms with Gasteiger partial charge in [-0.15, -0.1) is 0 Å². The van der Waals surface area contributed by atoms with Crippen molar-refractivity contribution in [3.05, 3.63) is 17.5 Å². The number of hydrogen-bond acceptors (Lipinski definition) is 5. The molecule has 2 heterocycles. The molecule has 0 aromatic carbocycles. The first kappa shape index (κ1) is 21.3. The Morgan fingerprint density at radius 2 is 1.97 bits per heavy atom. The molecule has 1 aromatic rings. The fourth-order valence-electron chi connectivity index (χ4n) is 3.91. The molecule has 1 aromatic heterocycles. The normalized spacial score (nSPS) is 22.5. The second kappa shape index (κ2) is 8.52. The van der Waals surface area contributed by atoms with Gasteiger partial charge in [-0.1, -0.05) is 19.3 Å². The molecule has 3 amide bonds. The summed E-state index contributed by atoms with van der Waals surface area (Å²) in [7, 11) is 5.49. The first-order valence-electron chi connectivity index (χ1n) is 10.3. The molecule has 29 heavy (non-hydrogen) atoms. The Labute approximate surface area is 171 Å². The number of aromatic nitrogens is 2. The van der Waals surface area contributed by atoms with E-state index in [9.17, 15) is 14.4 Å². The van der Waals surface area contributed by atoms with E-state index in [4.69, 9.17) is 0 Å². The van der Waals surface area contributed by atoms with Crippen molar-refractivity contribution in [3.63, 3.8) is 0 Å². The van der Waals surface area contributed by atoms with Crippen LogP contribution in [0.3, 0.4) is 0 Å². The highest BCUT2D eigenvalue weighted by Gasteiger charge is 2.46. The molecule has 0 saturated heterocycles. The highest BCUT2D eigenvalue weighted by molar-refractivity contribution is 6.01. The molecule has 1 fully saturated rings. The van der Waals surface area contributed by atoms with E-state index in [0.717, 1.165) is 25.7 Å². The smallest absolute Gasteiger partial charge is 0.272 e. The van der Waals surface area contributed by atoms with Crippen molar-refractivity contribution in [2.45, 2.75) is 57.2 Å². The van der Waals surface area contributed by atoms with Gasteiger partial charge in [0.2, 0.25) is 5.91 Å². The van der Waals surface area contributed by atoms with Crippen molar-refractivity contribution >= 4 is 17.7 Å². The minimum absolute atomic E-state index is 0.161. The van der Waals surface area contributed by atoms with Crippen molar-refractivity contribution in [2.75, 3.05) is 34.2 Å². The highest BCUT2D eigenvalue weighted by Crippen LogP contribution is 2.27. The minimum Gasteiger partial charge on any atom is -0.351 e. The van der Waals surface area contributed by atoms with Crippen molar-refractivity contribution in [2.24, 2.45) is 0 Å².